The normalized spacial score (nSPS) is 16.0. The fraction of sp³-hybridized carbons (Fsp3) is 0.353. The van der Waals surface area contributed by atoms with Gasteiger partial charge in [0.05, 0.1) is 18.9 Å². The van der Waals surface area contributed by atoms with Crippen LogP contribution in [0.25, 0.3) is 11.5 Å². The largest absolute Gasteiger partial charge is 0.489 e. The van der Waals surface area contributed by atoms with Crippen molar-refractivity contribution >= 4 is 0 Å². The van der Waals surface area contributed by atoms with E-state index < -0.39 is 0 Å². The number of likely N-dealkylation sites (tertiary alicyclic amines) is 1. The van der Waals surface area contributed by atoms with E-state index in [4.69, 9.17) is 9.26 Å². The maximum atomic E-state index is 5.96. The molecule has 0 aliphatic carbocycles. The fourth-order valence-corrected chi connectivity index (χ4v) is 2.82. The summed E-state index contributed by atoms with van der Waals surface area (Å²) >= 11 is 0. The highest BCUT2D eigenvalue weighted by Gasteiger charge is 2.22. The summed E-state index contributed by atoms with van der Waals surface area (Å²) in [6, 6.07) is 3.82. The van der Waals surface area contributed by atoms with Crippen LogP contribution in [-0.2, 0) is 6.54 Å². The van der Waals surface area contributed by atoms with Gasteiger partial charge in [0, 0.05) is 31.7 Å². The van der Waals surface area contributed by atoms with E-state index in [9.17, 15) is 0 Å². The molecule has 0 atom stereocenters. The Kier molecular flexibility index (Phi) is 4.60. The highest BCUT2D eigenvalue weighted by atomic mass is 16.5. The summed E-state index contributed by atoms with van der Waals surface area (Å²) < 4.78 is 11.3. The van der Waals surface area contributed by atoms with Crippen LogP contribution >= 0.6 is 0 Å². The van der Waals surface area contributed by atoms with Gasteiger partial charge in [-0.1, -0.05) is 5.16 Å². The first-order chi connectivity index (χ1) is 12.4. The summed E-state index contributed by atoms with van der Waals surface area (Å²) in [5.74, 6) is 1.89. The van der Waals surface area contributed by atoms with Gasteiger partial charge in [-0.3, -0.25) is 14.9 Å². The van der Waals surface area contributed by atoms with E-state index in [1.807, 2.05) is 12.1 Å². The van der Waals surface area contributed by atoms with Crippen molar-refractivity contribution in [2.24, 2.45) is 0 Å². The summed E-state index contributed by atoms with van der Waals surface area (Å²) in [5, 5.41) is 3.98. The van der Waals surface area contributed by atoms with Crippen molar-refractivity contribution in [1.82, 2.24) is 30.0 Å². The summed E-state index contributed by atoms with van der Waals surface area (Å²) in [6.07, 6.45) is 10.5. The Morgan fingerprint density at radius 3 is 2.76 bits per heavy atom. The van der Waals surface area contributed by atoms with Crippen LogP contribution < -0.4 is 4.74 Å². The van der Waals surface area contributed by atoms with E-state index in [-0.39, 0.29) is 6.10 Å². The first-order valence-corrected chi connectivity index (χ1v) is 8.25. The van der Waals surface area contributed by atoms with Gasteiger partial charge >= 0.3 is 0 Å². The predicted octanol–water partition coefficient (Wildman–Crippen LogP) is 1.96. The van der Waals surface area contributed by atoms with E-state index in [2.05, 4.69) is 30.0 Å². The molecule has 3 aromatic heterocycles. The van der Waals surface area contributed by atoms with Gasteiger partial charge in [-0.15, -0.1) is 0 Å². The van der Waals surface area contributed by atoms with Crippen molar-refractivity contribution in [2.45, 2.75) is 25.5 Å². The average molecular weight is 338 g/mol. The molecule has 128 valence electrons. The highest BCUT2D eigenvalue weighted by Crippen LogP contribution is 2.19. The molecule has 0 unspecified atom stereocenters. The number of pyridine rings is 1. The van der Waals surface area contributed by atoms with Crippen molar-refractivity contribution in [3.63, 3.8) is 0 Å². The van der Waals surface area contributed by atoms with Crippen LogP contribution in [0.1, 0.15) is 18.7 Å². The molecule has 0 spiro atoms. The Hall–Kier alpha value is -2.87. The lowest BCUT2D eigenvalue weighted by atomic mass is 10.1. The lowest BCUT2D eigenvalue weighted by Crippen LogP contribution is -2.37. The Labute approximate surface area is 144 Å². The van der Waals surface area contributed by atoms with Crippen LogP contribution in [0.3, 0.4) is 0 Å². The minimum absolute atomic E-state index is 0.221. The van der Waals surface area contributed by atoms with Gasteiger partial charge in [0.1, 0.15) is 17.5 Å². The Morgan fingerprint density at radius 2 is 2.00 bits per heavy atom. The zero-order valence-electron chi connectivity index (χ0n) is 13.7. The molecule has 25 heavy (non-hydrogen) atoms. The van der Waals surface area contributed by atoms with E-state index in [0.29, 0.717) is 24.0 Å². The van der Waals surface area contributed by atoms with Crippen LogP contribution in [-0.4, -0.2) is 49.2 Å². The van der Waals surface area contributed by atoms with Gasteiger partial charge < -0.3 is 9.26 Å². The van der Waals surface area contributed by atoms with Gasteiger partial charge in [-0.05, 0) is 25.0 Å². The second-order valence-electron chi connectivity index (χ2n) is 5.88. The third-order valence-electron chi connectivity index (χ3n) is 4.09. The zero-order valence-corrected chi connectivity index (χ0v) is 13.7. The molecule has 1 saturated heterocycles. The molecule has 4 heterocycles. The first-order valence-electron chi connectivity index (χ1n) is 8.25. The number of hydrogen-bond acceptors (Lipinski definition) is 8. The first kappa shape index (κ1) is 15.6. The van der Waals surface area contributed by atoms with Crippen LogP contribution in [0.15, 0.2) is 47.6 Å². The Bertz CT molecular complexity index is 787. The lowest BCUT2D eigenvalue weighted by Gasteiger charge is -2.31. The summed E-state index contributed by atoms with van der Waals surface area (Å²) in [5.41, 5.74) is 0.612. The van der Waals surface area contributed by atoms with E-state index in [1.54, 1.807) is 31.0 Å². The molecule has 0 aromatic carbocycles. The summed E-state index contributed by atoms with van der Waals surface area (Å²) in [7, 11) is 0. The van der Waals surface area contributed by atoms with E-state index in [0.717, 1.165) is 31.7 Å². The number of nitrogens with zero attached hydrogens (tertiary/aromatic N) is 6. The number of piperidine rings is 1. The molecule has 8 heteroatoms. The molecule has 1 fully saturated rings. The van der Waals surface area contributed by atoms with Gasteiger partial charge in [0.25, 0.3) is 0 Å². The molecule has 0 amide bonds. The SMILES string of the molecule is c1cncc(OC2CCN(Cc3nc(-c4cnccn4)no3)CC2)c1. The van der Waals surface area contributed by atoms with Crippen LogP contribution in [0.4, 0.5) is 0 Å². The lowest BCUT2D eigenvalue weighted by molar-refractivity contribution is 0.0901. The fourth-order valence-electron chi connectivity index (χ4n) is 2.82. The molecule has 1 aliphatic heterocycles. The average Bonchev–Trinajstić information content (AvgIpc) is 3.14. The molecule has 4 rings (SSSR count). The molecule has 0 bridgehead atoms. The van der Waals surface area contributed by atoms with Crippen molar-refractivity contribution in [2.75, 3.05) is 13.1 Å². The predicted molar refractivity (Wildman–Crippen MR) is 88.5 cm³/mol. The van der Waals surface area contributed by atoms with Crippen LogP contribution in [0, 0.1) is 0 Å². The van der Waals surface area contributed by atoms with Crippen molar-refractivity contribution < 1.29 is 9.26 Å². The third kappa shape index (κ3) is 3.97. The number of aromatic nitrogens is 5. The summed E-state index contributed by atoms with van der Waals surface area (Å²) in [4.78, 5) is 19.0. The second kappa shape index (κ2) is 7.35. The number of hydrogen-bond donors (Lipinski definition) is 0. The maximum Gasteiger partial charge on any atom is 0.241 e. The third-order valence-corrected chi connectivity index (χ3v) is 4.09. The molecular weight excluding hydrogens is 320 g/mol. The quantitative estimate of drug-likeness (QED) is 0.697. The van der Waals surface area contributed by atoms with Gasteiger partial charge in [-0.25, -0.2) is 4.98 Å². The molecule has 8 nitrogen and oxygen atoms in total. The van der Waals surface area contributed by atoms with Gasteiger partial charge in [-0.2, -0.15) is 4.98 Å². The molecule has 0 saturated carbocycles. The molecule has 0 N–H and O–H groups in total. The Balaban J connectivity index is 1.30. The zero-order chi connectivity index (χ0) is 16.9. The highest BCUT2D eigenvalue weighted by molar-refractivity contribution is 5.45. The van der Waals surface area contributed by atoms with Gasteiger partial charge in [0.2, 0.25) is 11.7 Å². The minimum atomic E-state index is 0.221. The van der Waals surface area contributed by atoms with E-state index in [1.165, 1.54) is 0 Å². The topological polar surface area (TPSA) is 90.1 Å². The molecule has 1 aliphatic rings. The van der Waals surface area contributed by atoms with Crippen molar-refractivity contribution in [3.8, 4) is 17.3 Å². The Morgan fingerprint density at radius 1 is 1.12 bits per heavy atom. The van der Waals surface area contributed by atoms with Crippen molar-refractivity contribution in [3.05, 3.63) is 49.0 Å². The standard InChI is InChI=1S/C17H18N6O2/c1-2-14(10-18-5-1)24-13-3-8-23(9-4-13)12-16-21-17(22-25-16)15-11-19-6-7-20-15/h1-2,5-7,10-11,13H,3-4,8-9,12H2. The smallest absolute Gasteiger partial charge is 0.241 e. The second-order valence-corrected chi connectivity index (χ2v) is 5.88. The summed E-state index contributed by atoms with van der Waals surface area (Å²) in [6.45, 7) is 2.48. The van der Waals surface area contributed by atoms with Crippen LogP contribution in [0.5, 0.6) is 5.75 Å². The van der Waals surface area contributed by atoms with Gasteiger partial charge in [0.15, 0.2) is 0 Å². The number of ether oxygens (including phenoxy) is 1. The molecular formula is C17H18N6O2. The van der Waals surface area contributed by atoms with E-state index >= 15 is 0 Å². The maximum absolute atomic E-state index is 5.96. The molecule has 0 radical (unpaired) electrons. The van der Waals surface area contributed by atoms with Crippen molar-refractivity contribution in [1.29, 1.82) is 0 Å². The monoisotopic (exact) mass is 338 g/mol. The number of rotatable bonds is 5. The van der Waals surface area contributed by atoms with Crippen LogP contribution in [0.2, 0.25) is 0 Å². The minimum Gasteiger partial charge on any atom is -0.489 e. The molecule has 3 aromatic rings.